The lowest BCUT2D eigenvalue weighted by Gasteiger charge is -2.32. The highest BCUT2D eigenvalue weighted by atomic mass is 32.2. The van der Waals surface area contributed by atoms with Gasteiger partial charge in [-0.3, -0.25) is 14.5 Å². The summed E-state index contributed by atoms with van der Waals surface area (Å²) in [5, 5.41) is 0. The van der Waals surface area contributed by atoms with Crippen LogP contribution in [0.4, 0.5) is 11.4 Å². The highest BCUT2D eigenvalue weighted by molar-refractivity contribution is 7.91. The lowest BCUT2D eigenvalue weighted by Crippen LogP contribution is -2.42. The number of nitrogens with zero attached hydrogens (tertiary/aromatic N) is 2. The van der Waals surface area contributed by atoms with Crippen molar-refractivity contribution in [2.75, 3.05) is 17.7 Å². The number of hydrogen-bond acceptors (Lipinski definition) is 4. The maximum Gasteiger partial charge on any atom is 0.254 e. The van der Waals surface area contributed by atoms with Crippen LogP contribution in [0.1, 0.15) is 50.9 Å². The lowest BCUT2D eigenvalue weighted by molar-refractivity contribution is -0.115. The molecular weight excluding hydrogens is 412 g/mol. The predicted molar refractivity (Wildman–Crippen MR) is 122 cm³/mol. The highest BCUT2D eigenvalue weighted by Gasteiger charge is 2.29. The summed E-state index contributed by atoms with van der Waals surface area (Å²) in [6.07, 6.45) is 1.93. The van der Waals surface area contributed by atoms with Crippen molar-refractivity contribution in [3.63, 3.8) is 0 Å². The topological polar surface area (TPSA) is 74.8 Å². The number of carbonyl (C=O) groups excluding carboxylic acids is 2. The maximum absolute atomic E-state index is 12.9. The second-order valence-electron chi connectivity index (χ2n) is 9.16. The molecule has 1 aliphatic carbocycles. The van der Waals surface area contributed by atoms with Crippen LogP contribution < -0.4 is 4.90 Å². The number of anilines is 2. The molecule has 0 bridgehead atoms. The number of sulfone groups is 1. The molecule has 0 aromatic heterocycles. The van der Waals surface area contributed by atoms with Gasteiger partial charge in [0.15, 0.2) is 9.84 Å². The molecule has 2 aromatic rings. The minimum Gasteiger partial charge on any atom is -0.337 e. The summed E-state index contributed by atoms with van der Waals surface area (Å²) in [6, 6.07) is 13.3. The number of benzene rings is 2. The molecule has 1 fully saturated rings. The van der Waals surface area contributed by atoms with E-state index in [0.717, 1.165) is 12.8 Å². The van der Waals surface area contributed by atoms with Gasteiger partial charge in [0.05, 0.1) is 10.6 Å². The molecule has 0 aliphatic heterocycles. The van der Waals surface area contributed by atoms with Crippen molar-refractivity contribution >= 4 is 33.0 Å². The average molecular weight is 443 g/mol. The summed E-state index contributed by atoms with van der Waals surface area (Å²) < 4.78 is 25.0. The number of carbonyl (C=O) groups is 2. The molecule has 6 nitrogen and oxygen atoms in total. The Labute approximate surface area is 184 Å². The number of rotatable bonds is 6. The van der Waals surface area contributed by atoms with Gasteiger partial charge >= 0.3 is 0 Å². The first-order valence-corrected chi connectivity index (χ1v) is 12.1. The van der Waals surface area contributed by atoms with E-state index >= 15 is 0 Å². The van der Waals surface area contributed by atoms with E-state index in [0.29, 0.717) is 16.9 Å². The van der Waals surface area contributed by atoms with E-state index in [4.69, 9.17) is 0 Å². The van der Waals surface area contributed by atoms with E-state index in [1.54, 1.807) is 60.5 Å². The summed E-state index contributed by atoms with van der Waals surface area (Å²) in [4.78, 5) is 28.7. The van der Waals surface area contributed by atoms with E-state index in [1.807, 2.05) is 20.8 Å². The molecule has 2 aromatic carbocycles. The van der Waals surface area contributed by atoms with Gasteiger partial charge in [-0.25, -0.2) is 8.42 Å². The first-order chi connectivity index (χ1) is 14.4. The van der Waals surface area contributed by atoms with E-state index in [-0.39, 0.29) is 33.9 Å². The fourth-order valence-electron chi connectivity index (χ4n) is 3.28. The highest BCUT2D eigenvalue weighted by Crippen LogP contribution is 2.33. The summed E-state index contributed by atoms with van der Waals surface area (Å²) in [6.45, 7) is 7.30. The molecule has 0 radical (unpaired) electrons. The second kappa shape index (κ2) is 8.46. The SMILES string of the molecule is CC(=O)N(c1ccc(S(=O)(=O)CC2CC2)cc1)c1cccc(C(=O)N(C)C(C)(C)C)c1. The Morgan fingerprint density at radius 3 is 2.13 bits per heavy atom. The Morgan fingerprint density at radius 2 is 1.61 bits per heavy atom. The Bertz CT molecular complexity index is 1080. The Hall–Kier alpha value is -2.67. The van der Waals surface area contributed by atoms with Gasteiger partial charge in [0.25, 0.3) is 5.91 Å². The van der Waals surface area contributed by atoms with Gasteiger partial charge in [-0.05, 0) is 82.0 Å². The van der Waals surface area contributed by atoms with Gasteiger partial charge in [0, 0.05) is 36.4 Å². The van der Waals surface area contributed by atoms with Crippen molar-refractivity contribution in [3.8, 4) is 0 Å². The Morgan fingerprint density at radius 1 is 1.00 bits per heavy atom. The minimum atomic E-state index is -3.32. The quantitative estimate of drug-likeness (QED) is 0.663. The van der Waals surface area contributed by atoms with E-state index < -0.39 is 9.84 Å². The molecule has 0 N–H and O–H groups in total. The Balaban J connectivity index is 1.91. The molecule has 7 heteroatoms. The molecule has 0 atom stereocenters. The van der Waals surface area contributed by atoms with Crippen molar-refractivity contribution in [1.82, 2.24) is 4.90 Å². The largest absolute Gasteiger partial charge is 0.337 e. The van der Waals surface area contributed by atoms with Crippen molar-refractivity contribution in [2.45, 2.75) is 51.0 Å². The molecule has 2 amide bonds. The van der Waals surface area contributed by atoms with E-state index in [9.17, 15) is 18.0 Å². The minimum absolute atomic E-state index is 0.139. The summed E-state index contributed by atoms with van der Waals surface area (Å²) in [5.41, 5.74) is 1.24. The van der Waals surface area contributed by atoms with Crippen LogP contribution in [0.5, 0.6) is 0 Å². The first-order valence-electron chi connectivity index (χ1n) is 10.4. The van der Waals surface area contributed by atoms with Gasteiger partial charge < -0.3 is 4.90 Å². The third kappa shape index (κ3) is 5.34. The fourth-order valence-corrected chi connectivity index (χ4v) is 4.98. The average Bonchev–Trinajstić information content (AvgIpc) is 3.50. The summed E-state index contributed by atoms with van der Waals surface area (Å²) >= 11 is 0. The predicted octanol–water partition coefficient (Wildman–Crippen LogP) is 4.43. The van der Waals surface area contributed by atoms with E-state index in [1.165, 1.54) is 11.8 Å². The molecule has 1 saturated carbocycles. The van der Waals surface area contributed by atoms with Crippen LogP contribution in [0, 0.1) is 5.92 Å². The standard InChI is InChI=1S/C24H30N2O4S/c1-17(27)26(20-11-13-22(14-12-20)31(29,30)16-18-9-10-18)21-8-6-7-19(15-21)23(28)25(5)24(2,3)4/h6-8,11-15,18H,9-10,16H2,1-5H3. The van der Waals surface area contributed by atoms with Crippen molar-refractivity contribution in [2.24, 2.45) is 5.92 Å². The second-order valence-corrected chi connectivity index (χ2v) is 11.2. The van der Waals surface area contributed by atoms with Crippen LogP contribution >= 0.6 is 0 Å². The summed E-state index contributed by atoms with van der Waals surface area (Å²) in [5.74, 6) is 0.0699. The maximum atomic E-state index is 12.9. The zero-order valence-corrected chi connectivity index (χ0v) is 19.6. The molecule has 31 heavy (non-hydrogen) atoms. The van der Waals surface area contributed by atoms with Gasteiger partial charge in [-0.1, -0.05) is 6.07 Å². The van der Waals surface area contributed by atoms with Crippen molar-refractivity contribution in [1.29, 1.82) is 0 Å². The van der Waals surface area contributed by atoms with Gasteiger partial charge in [0.1, 0.15) is 0 Å². The fraction of sp³-hybridized carbons (Fsp3) is 0.417. The Kier molecular flexibility index (Phi) is 6.28. The van der Waals surface area contributed by atoms with Crippen LogP contribution in [-0.4, -0.2) is 43.5 Å². The van der Waals surface area contributed by atoms with Crippen molar-refractivity contribution in [3.05, 3.63) is 54.1 Å². The monoisotopic (exact) mass is 442 g/mol. The van der Waals surface area contributed by atoms with Crippen LogP contribution in [0.2, 0.25) is 0 Å². The normalized spacial score (nSPS) is 14.2. The zero-order valence-electron chi connectivity index (χ0n) is 18.8. The first kappa shape index (κ1) is 23.0. The van der Waals surface area contributed by atoms with Crippen LogP contribution in [0.25, 0.3) is 0 Å². The third-order valence-electron chi connectivity index (χ3n) is 5.58. The van der Waals surface area contributed by atoms with Crippen LogP contribution in [-0.2, 0) is 14.6 Å². The molecule has 0 unspecified atom stereocenters. The van der Waals surface area contributed by atoms with Crippen LogP contribution in [0.15, 0.2) is 53.4 Å². The third-order valence-corrected chi connectivity index (χ3v) is 7.48. The molecule has 1 aliphatic rings. The number of amides is 2. The van der Waals surface area contributed by atoms with Gasteiger partial charge in [0.2, 0.25) is 5.91 Å². The molecule has 0 saturated heterocycles. The lowest BCUT2D eigenvalue weighted by atomic mass is 10.0. The molecule has 0 spiro atoms. The number of hydrogen-bond donors (Lipinski definition) is 0. The molecular formula is C24H30N2O4S. The zero-order chi connectivity index (χ0) is 23.0. The van der Waals surface area contributed by atoms with Crippen LogP contribution in [0.3, 0.4) is 0 Å². The molecule has 3 rings (SSSR count). The molecule has 166 valence electrons. The van der Waals surface area contributed by atoms with Gasteiger partial charge in [-0.2, -0.15) is 0 Å². The van der Waals surface area contributed by atoms with E-state index in [2.05, 4.69) is 0 Å². The van der Waals surface area contributed by atoms with Crippen molar-refractivity contribution < 1.29 is 18.0 Å². The molecule has 0 heterocycles. The summed E-state index contributed by atoms with van der Waals surface area (Å²) in [7, 11) is -1.57. The van der Waals surface area contributed by atoms with Gasteiger partial charge in [-0.15, -0.1) is 0 Å². The smallest absolute Gasteiger partial charge is 0.254 e.